The van der Waals surface area contributed by atoms with Crippen molar-refractivity contribution in [3.63, 3.8) is 0 Å². The fourth-order valence-corrected chi connectivity index (χ4v) is 1.98. The summed E-state index contributed by atoms with van der Waals surface area (Å²) in [6, 6.07) is 0. The molecule has 0 aromatic carbocycles. The van der Waals surface area contributed by atoms with E-state index in [1.54, 1.807) is 6.92 Å². The summed E-state index contributed by atoms with van der Waals surface area (Å²) >= 11 is 0. The molecule has 0 fully saturated rings. The number of Topliss-reactive ketones (excluding diaryl/α,β-unsaturated/α-hetero) is 1. The highest BCUT2D eigenvalue weighted by Gasteiger charge is 2.24. The molecule has 2 unspecified atom stereocenters. The lowest BCUT2D eigenvalue weighted by Gasteiger charge is -2.25. The van der Waals surface area contributed by atoms with E-state index in [9.17, 15) is 4.79 Å². The first-order chi connectivity index (χ1) is 7.08. The molecule has 0 aliphatic carbocycles. The Labute approximate surface area is 92.6 Å². The van der Waals surface area contributed by atoms with Gasteiger partial charge in [0.2, 0.25) is 0 Å². The second kappa shape index (κ2) is 7.46. The van der Waals surface area contributed by atoms with Crippen LogP contribution in [0.25, 0.3) is 0 Å². The third-order valence-corrected chi connectivity index (χ3v) is 2.80. The summed E-state index contributed by atoms with van der Waals surface area (Å²) in [5, 5.41) is 11.8. The van der Waals surface area contributed by atoms with Gasteiger partial charge in [0.25, 0.3) is 0 Å². The molecule has 0 radical (unpaired) electrons. The molecule has 0 heterocycles. The molecule has 3 heteroatoms. The maximum absolute atomic E-state index is 11.4. The van der Waals surface area contributed by atoms with Crippen LogP contribution in [0.5, 0.6) is 0 Å². The van der Waals surface area contributed by atoms with Gasteiger partial charge in [0.1, 0.15) is 5.78 Å². The minimum Gasteiger partial charge on any atom is -0.395 e. The van der Waals surface area contributed by atoms with Crippen molar-refractivity contribution < 1.29 is 9.90 Å². The lowest BCUT2D eigenvalue weighted by Crippen LogP contribution is -2.30. The summed E-state index contributed by atoms with van der Waals surface area (Å²) in [5.74, 6) is 0.448. The Morgan fingerprint density at radius 1 is 1.33 bits per heavy atom. The predicted octanol–water partition coefficient (Wildman–Crippen LogP) is 1.72. The highest BCUT2D eigenvalue weighted by Crippen LogP contribution is 2.25. The average molecular weight is 213 g/mol. The molecule has 3 nitrogen and oxygen atoms in total. The molecule has 0 aliphatic heterocycles. The SMILES string of the molecule is C=C(NCCO)C(CC)C(CC)C(C)=O. The molecule has 0 aromatic heterocycles. The number of aliphatic hydroxyl groups is 1. The zero-order valence-corrected chi connectivity index (χ0v) is 10.0. The van der Waals surface area contributed by atoms with Gasteiger partial charge in [0.05, 0.1) is 6.61 Å². The number of hydrogen-bond acceptors (Lipinski definition) is 3. The molecule has 15 heavy (non-hydrogen) atoms. The van der Waals surface area contributed by atoms with Gasteiger partial charge in [-0.15, -0.1) is 0 Å². The number of ketones is 1. The Morgan fingerprint density at radius 2 is 1.87 bits per heavy atom. The van der Waals surface area contributed by atoms with Crippen LogP contribution < -0.4 is 5.32 Å². The average Bonchev–Trinajstić information content (AvgIpc) is 2.21. The summed E-state index contributed by atoms with van der Waals surface area (Å²) in [6.45, 7) is 10.2. The van der Waals surface area contributed by atoms with Gasteiger partial charge in [0.15, 0.2) is 0 Å². The first-order valence-electron chi connectivity index (χ1n) is 5.62. The third kappa shape index (κ3) is 4.47. The zero-order valence-electron chi connectivity index (χ0n) is 10.0. The quantitative estimate of drug-likeness (QED) is 0.645. The lowest BCUT2D eigenvalue weighted by atomic mass is 9.83. The van der Waals surface area contributed by atoms with Gasteiger partial charge in [-0.1, -0.05) is 20.4 Å². The largest absolute Gasteiger partial charge is 0.395 e. The van der Waals surface area contributed by atoms with Crippen molar-refractivity contribution >= 4 is 5.78 Å². The first-order valence-corrected chi connectivity index (χ1v) is 5.62. The van der Waals surface area contributed by atoms with Gasteiger partial charge < -0.3 is 10.4 Å². The monoisotopic (exact) mass is 213 g/mol. The Balaban J connectivity index is 4.43. The standard InChI is InChI=1S/C12H23NO2/c1-5-11(9(3)13-7-8-14)12(6-2)10(4)15/h11-14H,3,5-8H2,1-2,4H3. The molecular formula is C12H23NO2. The number of hydrogen-bond donors (Lipinski definition) is 2. The van der Waals surface area contributed by atoms with Crippen molar-refractivity contribution in [1.29, 1.82) is 0 Å². The van der Waals surface area contributed by atoms with Crippen LogP contribution in [0.15, 0.2) is 12.3 Å². The minimum absolute atomic E-state index is 0.0497. The van der Waals surface area contributed by atoms with Gasteiger partial charge >= 0.3 is 0 Å². The Kier molecular flexibility index (Phi) is 7.05. The van der Waals surface area contributed by atoms with Crippen molar-refractivity contribution in [3.8, 4) is 0 Å². The summed E-state index contributed by atoms with van der Waals surface area (Å²) < 4.78 is 0. The van der Waals surface area contributed by atoms with Crippen molar-refractivity contribution in [2.24, 2.45) is 11.8 Å². The number of nitrogens with one attached hydrogen (secondary N) is 1. The maximum Gasteiger partial charge on any atom is 0.133 e. The molecule has 0 amide bonds. The molecule has 0 rings (SSSR count). The highest BCUT2D eigenvalue weighted by atomic mass is 16.3. The number of carbonyl (C=O) groups excluding carboxylic acids is 1. The minimum atomic E-state index is 0.0497. The van der Waals surface area contributed by atoms with E-state index in [0.717, 1.165) is 18.5 Å². The molecule has 0 bridgehead atoms. The number of carbonyl (C=O) groups is 1. The molecule has 0 aliphatic rings. The fourth-order valence-electron chi connectivity index (χ4n) is 1.98. The number of rotatable bonds is 8. The summed E-state index contributed by atoms with van der Waals surface area (Å²) in [4.78, 5) is 11.4. The van der Waals surface area contributed by atoms with E-state index < -0.39 is 0 Å². The van der Waals surface area contributed by atoms with E-state index in [-0.39, 0.29) is 24.2 Å². The van der Waals surface area contributed by atoms with Gasteiger partial charge in [-0.05, 0) is 19.8 Å². The van der Waals surface area contributed by atoms with Gasteiger partial charge in [0, 0.05) is 24.1 Å². The Morgan fingerprint density at radius 3 is 2.20 bits per heavy atom. The summed E-state index contributed by atoms with van der Waals surface area (Å²) in [6.07, 6.45) is 1.74. The highest BCUT2D eigenvalue weighted by molar-refractivity contribution is 5.78. The second-order valence-electron chi connectivity index (χ2n) is 3.82. The first kappa shape index (κ1) is 14.2. The van der Waals surface area contributed by atoms with Crippen molar-refractivity contribution in [2.45, 2.75) is 33.6 Å². The van der Waals surface area contributed by atoms with Gasteiger partial charge in [-0.2, -0.15) is 0 Å². The molecule has 88 valence electrons. The topological polar surface area (TPSA) is 49.3 Å². The third-order valence-electron chi connectivity index (χ3n) is 2.80. The normalized spacial score (nSPS) is 14.4. The number of aliphatic hydroxyl groups excluding tert-OH is 1. The molecule has 0 saturated carbocycles. The van der Waals surface area contributed by atoms with Crippen LogP contribution in [0.4, 0.5) is 0 Å². The maximum atomic E-state index is 11.4. The molecule has 0 saturated heterocycles. The van der Waals surface area contributed by atoms with E-state index in [2.05, 4.69) is 18.8 Å². The molecule has 2 atom stereocenters. The van der Waals surface area contributed by atoms with Crippen LogP contribution in [-0.2, 0) is 4.79 Å². The number of allylic oxidation sites excluding steroid dienone is 1. The summed E-state index contributed by atoms with van der Waals surface area (Å²) in [7, 11) is 0. The van der Waals surface area contributed by atoms with Crippen molar-refractivity contribution in [2.75, 3.05) is 13.2 Å². The van der Waals surface area contributed by atoms with Crippen molar-refractivity contribution in [1.82, 2.24) is 5.32 Å². The second-order valence-corrected chi connectivity index (χ2v) is 3.82. The molecule has 0 spiro atoms. The van der Waals surface area contributed by atoms with Gasteiger partial charge in [-0.3, -0.25) is 4.79 Å². The Bertz CT molecular complexity index is 214. The van der Waals surface area contributed by atoms with Crippen LogP contribution in [0, 0.1) is 11.8 Å². The van der Waals surface area contributed by atoms with Crippen LogP contribution >= 0.6 is 0 Å². The zero-order chi connectivity index (χ0) is 11.8. The van der Waals surface area contributed by atoms with E-state index in [0.29, 0.717) is 6.54 Å². The molecule has 2 N–H and O–H groups in total. The Hall–Kier alpha value is -0.830. The lowest BCUT2D eigenvalue weighted by molar-refractivity contribution is -0.122. The van der Waals surface area contributed by atoms with Crippen LogP contribution in [0.3, 0.4) is 0 Å². The molecular weight excluding hydrogens is 190 g/mol. The van der Waals surface area contributed by atoms with Gasteiger partial charge in [-0.25, -0.2) is 0 Å². The van der Waals surface area contributed by atoms with E-state index in [4.69, 9.17) is 5.11 Å². The predicted molar refractivity (Wildman–Crippen MR) is 62.5 cm³/mol. The van der Waals surface area contributed by atoms with Crippen LogP contribution in [-0.4, -0.2) is 24.0 Å². The van der Waals surface area contributed by atoms with Crippen LogP contribution in [0.2, 0.25) is 0 Å². The summed E-state index contributed by atoms with van der Waals surface area (Å²) in [5.41, 5.74) is 0.869. The fraction of sp³-hybridized carbons (Fsp3) is 0.750. The van der Waals surface area contributed by atoms with Crippen molar-refractivity contribution in [3.05, 3.63) is 12.3 Å². The van der Waals surface area contributed by atoms with E-state index >= 15 is 0 Å². The van der Waals surface area contributed by atoms with Crippen LogP contribution in [0.1, 0.15) is 33.6 Å². The van der Waals surface area contributed by atoms with E-state index in [1.165, 1.54) is 0 Å². The smallest absolute Gasteiger partial charge is 0.133 e. The van der Waals surface area contributed by atoms with E-state index in [1.807, 2.05) is 6.92 Å². The molecule has 0 aromatic rings.